The van der Waals surface area contributed by atoms with Crippen LogP contribution in [0.1, 0.15) is 42.6 Å². The highest BCUT2D eigenvalue weighted by Gasteiger charge is 2.12. The SMILES string of the molecule is CC(NC(C)c1cnn(C)c1)c1cccc(CO)c1. The second-order valence-corrected chi connectivity index (χ2v) is 4.96. The van der Waals surface area contributed by atoms with Crippen molar-refractivity contribution >= 4 is 0 Å². The van der Waals surface area contributed by atoms with Crippen LogP contribution in [0, 0.1) is 0 Å². The first-order valence-electron chi connectivity index (χ1n) is 6.54. The van der Waals surface area contributed by atoms with Crippen LogP contribution in [0.3, 0.4) is 0 Å². The lowest BCUT2D eigenvalue weighted by Crippen LogP contribution is -2.22. The zero-order valence-electron chi connectivity index (χ0n) is 11.7. The molecule has 19 heavy (non-hydrogen) atoms. The lowest BCUT2D eigenvalue weighted by Gasteiger charge is -2.20. The van der Waals surface area contributed by atoms with Crippen molar-refractivity contribution < 1.29 is 5.11 Å². The van der Waals surface area contributed by atoms with E-state index in [1.165, 1.54) is 11.1 Å². The summed E-state index contributed by atoms with van der Waals surface area (Å²) in [4.78, 5) is 0. The Bertz CT molecular complexity index is 536. The number of aromatic nitrogens is 2. The normalized spacial score (nSPS) is 14.3. The largest absolute Gasteiger partial charge is 0.392 e. The van der Waals surface area contributed by atoms with Gasteiger partial charge in [0.25, 0.3) is 0 Å². The summed E-state index contributed by atoms with van der Waals surface area (Å²) in [5, 5.41) is 16.9. The Labute approximate surface area is 114 Å². The van der Waals surface area contributed by atoms with Crippen LogP contribution in [0.4, 0.5) is 0 Å². The van der Waals surface area contributed by atoms with E-state index in [2.05, 4.69) is 30.3 Å². The molecule has 4 nitrogen and oxygen atoms in total. The second kappa shape index (κ2) is 5.99. The van der Waals surface area contributed by atoms with E-state index in [4.69, 9.17) is 0 Å². The number of benzene rings is 1. The number of aryl methyl sites for hydroxylation is 1. The third kappa shape index (κ3) is 3.43. The molecule has 0 amide bonds. The molecule has 2 atom stereocenters. The summed E-state index contributed by atoms with van der Waals surface area (Å²) >= 11 is 0. The van der Waals surface area contributed by atoms with E-state index in [1.807, 2.05) is 42.3 Å². The first-order valence-corrected chi connectivity index (χ1v) is 6.54. The molecule has 0 bridgehead atoms. The molecule has 1 aromatic carbocycles. The fraction of sp³-hybridized carbons (Fsp3) is 0.400. The van der Waals surface area contributed by atoms with Gasteiger partial charge in [0.15, 0.2) is 0 Å². The van der Waals surface area contributed by atoms with Gasteiger partial charge in [-0.25, -0.2) is 0 Å². The third-order valence-corrected chi connectivity index (χ3v) is 3.36. The Kier molecular flexibility index (Phi) is 4.35. The molecule has 0 aliphatic heterocycles. The van der Waals surface area contributed by atoms with Crippen LogP contribution in [0.5, 0.6) is 0 Å². The van der Waals surface area contributed by atoms with Crippen molar-refractivity contribution in [3.63, 3.8) is 0 Å². The Balaban J connectivity index is 2.05. The van der Waals surface area contributed by atoms with Crippen LogP contribution in [-0.2, 0) is 13.7 Å². The maximum Gasteiger partial charge on any atom is 0.0681 e. The fourth-order valence-corrected chi connectivity index (χ4v) is 2.19. The zero-order valence-corrected chi connectivity index (χ0v) is 11.7. The highest BCUT2D eigenvalue weighted by atomic mass is 16.3. The van der Waals surface area contributed by atoms with E-state index < -0.39 is 0 Å². The third-order valence-electron chi connectivity index (χ3n) is 3.36. The van der Waals surface area contributed by atoms with Gasteiger partial charge in [-0.1, -0.05) is 24.3 Å². The van der Waals surface area contributed by atoms with Crippen molar-refractivity contribution in [1.82, 2.24) is 15.1 Å². The van der Waals surface area contributed by atoms with E-state index in [-0.39, 0.29) is 18.7 Å². The van der Waals surface area contributed by atoms with Crippen LogP contribution in [-0.4, -0.2) is 14.9 Å². The molecule has 2 aromatic rings. The average Bonchev–Trinajstić information content (AvgIpc) is 2.85. The minimum absolute atomic E-state index is 0.0821. The topological polar surface area (TPSA) is 50.1 Å². The van der Waals surface area contributed by atoms with E-state index >= 15 is 0 Å². The Morgan fingerprint density at radius 1 is 1.26 bits per heavy atom. The highest BCUT2D eigenvalue weighted by molar-refractivity contribution is 5.25. The average molecular weight is 259 g/mol. The van der Waals surface area contributed by atoms with Crippen molar-refractivity contribution in [2.45, 2.75) is 32.5 Å². The number of aliphatic hydroxyl groups excluding tert-OH is 1. The quantitative estimate of drug-likeness (QED) is 0.866. The molecule has 1 heterocycles. The number of aliphatic hydroxyl groups is 1. The Hall–Kier alpha value is -1.65. The summed E-state index contributed by atoms with van der Waals surface area (Å²) in [5.41, 5.74) is 3.30. The number of hydrogen-bond acceptors (Lipinski definition) is 3. The second-order valence-electron chi connectivity index (χ2n) is 4.96. The summed E-state index contributed by atoms with van der Waals surface area (Å²) < 4.78 is 1.81. The molecule has 0 aliphatic rings. The summed E-state index contributed by atoms with van der Waals surface area (Å²) in [5.74, 6) is 0. The molecule has 4 heteroatoms. The van der Waals surface area contributed by atoms with Crippen molar-refractivity contribution in [3.05, 3.63) is 53.3 Å². The molecule has 0 radical (unpaired) electrons. The number of nitrogens with one attached hydrogen (secondary N) is 1. The molecular formula is C15H21N3O. The fourth-order valence-electron chi connectivity index (χ4n) is 2.19. The number of nitrogens with zero attached hydrogens (tertiary/aromatic N) is 2. The molecule has 1 aromatic heterocycles. The molecule has 2 unspecified atom stereocenters. The van der Waals surface area contributed by atoms with Gasteiger partial charge in [-0.05, 0) is 25.0 Å². The lowest BCUT2D eigenvalue weighted by molar-refractivity contribution is 0.281. The molecule has 0 spiro atoms. The van der Waals surface area contributed by atoms with Gasteiger partial charge in [-0.2, -0.15) is 5.10 Å². The Morgan fingerprint density at radius 3 is 2.63 bits per heavy atom. The molecule has 0 fully saturated rings. The molecule has 102 valence electrons. The van der Waals surface area contributed by atoms with Gasteiger partial charge in [0.1, 0.15) is 0 Å². The van der Waals surface area contributed by atoms with E-state index in [1.54, 1.807) is 0 Å². The van der Waals surface area contributed by atoms with Crippen LogP contribution in [0.2, 0.25) is 0 Å². The summed E-state index contributed by atoms with van der Waals surface area (Å²) in [6, 6.07) is 8.48. The van der Waals surface area contributed by atoms with Gasteiger partial charge in [0, 0.05) is 30.9 Å². The van der Waals surface area contributed by atoms with Crippen molar-refractivity contribution in [3.8, 4) is 0 Å². The van der Waals surface area contributed by atoms with E-state index in [9.17, 15) is 5.11 Å². The first-order chi connectivity index (χ1) is 9.10. The number of rotatable bonds is 5. The molecule has 2 N–H and O–H groups in total. The van der Waals surface area contributed by atoms with Gasteiger partial charge in [0.2, 0.25) is 0 Å². The van der Waals surface area contributed by atoms with Gasteiger partial charge < -0.3 is 10.4 Å². The smallest absolute Gasteiger partial charge is 0.0681 e. The van der Waals surface area contributed by atoms with Gasteiger partial charge in [0.05, 0.1) is 12.8 Å². The minimum Gasteiger partial charge on any atom is -0.392 e. The molecule has 0 saturated carbocycles. The van der Waals surface area contributed by atoms with Gasteiger partial charge in [-0.3, -0.25) is 4.68 Å². The van der Waals surface area contributed by atoms with E-state index in [0.29, 0.717) is 0 Å². The standard InChI is InChI=1S/C15H21N3O/c1-11(14-6-4-5-13(7-14)10-19)17-12(2)15-8-16-18(3)9-15/h4-9,11-12,17,19H,10H2,1-3H3. The predicted molar refractivity (Wildman–Crippen MR) is 75.5 cm³/mol. The summed E-state index contributed by atoms with van der Waals surface area (Å²) in [6.45, 7) is 4.34. The first kappa shape index (κ1) is 13.8. The molecular weight excluding hydrogens is 238 g/mol. The summed E-state index contributed by atoms with van der Waals surface area (Å²) in [7, 11) is 1.92. The minimum atomic E-state index is 0.0821. The van der Waals surface area contributed by atoms with Crippen LogP contribution in [0.25, 0.3) is 0 Å². The van der Waals surface area contributed by atoms with Crippen molar-refractivity contribution in [2.24, 2.45) is 7.05 Å². The van der Waals surface area contributed by atoms with Crippen LogP contribution < -0.4 is 5.32 Å². The molecule has 0 saturated heterocycles. The summed E-state index contributed by atoms with van der Waals surface area (Å²) in [6.07, 6.45) is 3.91. The zero-order chi connectivity index (χ0) is 13.8. The lowest BCUT2D eigenvalue weighted by atomic mass is 10.0. The maximum absolute atomic E-state index is 9.18. The Morgan fingerprint density at radius 2 is 2.00 bits per heavy atom. The molecule has 0 aliphatic carbocycles. The van der Waals surface area contributed by atoms with Gasteiger partial charge >= 0.3 is 0 Å². The monoisotopic (exact) mass is 259 g/mol. The highest BCUT2D eigenvalue weighted by Crippen LogP contribution is 2.19. The van der Waals surface area contributed by atoms with Gasteiger partial charge in [-0.15, -0.1) is 0 Å². The van der Waals surface area contributed by atoms with Crippen LogP contribution >= 0.6 is 0 Å². The van der Waals surface area contributed by atoms with Crippen molar-refractivity contribution in [2.75, 3.05) is 0 Å². The maximum atomic E-state index is 9.18. The van der Waals surface area contributed by atoms with Crippen LogP contribution in [0.15, 0.2) is 36.7 Å². The molecule has 2 rings (SSSR count). The number of hydrogen-bond donors (Lipinski definition) is 2. The van der Waals surface area contributed by atoms with Crippen molar-refractivity contribution in [1.29, 1.82) is 0 Å². The predicted octanol–water partition coefficient (Wildman–Crippen LogP) is 2.32. The van der Waals surface area contributed by atoms with E-state index in [0.717, 1.165) is 5.56 Å².